The van der Waals surface area contributed by atoms with Crippen LogP contribution in [-0.2, 0) is 9.53 Å². The number of aliphatic imine (C=N–C) groups is 1. The van der Waals surface area contributed by atoms with Crippen molar-refractivity contribution in [1.82, 2.24) is 5.32 Å². The first kappa shape index (κ1) is 18.9. The molecule has 0 radical (unpaired) electrons. The summed E-state index contributed by atoms with van der Waals surface area (Å²) >= 11 is 0. The van der Waals surface area contributed by atoms with Gasteiger partial charge in [-0.1, -0.05) is 26.0 Å². The highest BCUT2D eigenvalue weighted by atomic mass is 16.5. The van der Waals surface area contributed by atoms with E-state index in [1.54, 1.807) is 31.4 Å². The van der Waals surface area contributed by atoms with Crippen molar-refractivity contribution in [2.45, 2.75) is 26.7 Å². The molecule has 6 nitrogen and oxygen atoms in total. The zero-order chi connectivity index (χ0) is 18.4. The van der Waals surface area contributed by atoms with Crippen molar-refractivity contribution < 1.29 is 19.4 Å². The standard InChI is InChI=1S/C19H24N2O4/c1-19(2)10-16(22)14(17(23)11-19)12-21-15-7-5-4-6-13(15)18(24)20-8-9-25-3/h4-7,12,22H,8-11H2,1-3H3,(H,20,24). The van der Waals surface area contributed by atoms with Gasteiger partial charge in [-0.2, -0.15) is 0 Å². The van der Waals surface area contributed by atoms with Gasteiger partial charge in [-0.05, 0) is 17.5 Å². The number of nitrogens with one attached hydrogen (secondary N) is 1. The van der Waals surface area contributed by atoms with E-state index in [-0.39, 0.29) is 28.4 Å². The van der Waals surface area contributed by atoms with Gasteiger partial charge in [0.15, 0.2) is 5.78 Å². The number of carbonyl (C=O) groups is 2. The lowest BCUT2D eigenvalue weighted by Gasteiger charge is -2.28. The maximum atomic E-state index is 12.2. The van der Waals surface area contributed by atoms with Gasteiger partial charge in [0, 0.05) is 32.7 Å². The summed E-state index contributed by atoms with van der Waals surface area (Å²) in [5, 5.41) is 12.9. The number of amides is 1. The highest BCUT2D eigenvalue weighted by Crippen LogP contribution is 2.35. The van der Waals surface area contributed by atoms with Crippen molar-refractivity contribution in [2.24, 2.45) is 10.4 Å². The number of methoxy groups -OCH3 is 1. The first-order chi connectivity index (χ1) is 11.8. The third-order valence-corrected chi connectivity index (χ3v) is 3.97. The Morgan fingerprint density at radius 3 is 2.76 bits per heavy atom. The molecule has 0 saturated heterocycles. The molecular formula is C19H24N2O4. The molecular weight excluding hydrogens is 320 g/mol. The molecule has 0 atom stereocenters. The van der Waals surface area contributed by atoms with E-state index in [0.717, 1.165) is 0 Å². The van der Waals surface area contributed by atoms with Crippen LogP contribution in [0.4, 0.5) is 5.69 Å². The number of ether oxygens (including phenoxy) is 1. The molecule has 0 spiro atoms. The molecule has 1 aromatic carbocycles. The van der Waals surface area contributed by atoms with Gasteiger partial charge in [0.1, 0.15) is 5.76 Å². The minimum absolute atomic E-state index is 0.0482. The van der Waals surface area contributed by atoms with Crippen molar-refractivity contribution in [2.75, 3.05) is 20.3 Å². The third kappa shape index (κ3) is 5.00. The van der Waals surface area contributed by atoms with Gasteiger partial charge < -0.3 is 15.2 Å². The molecule has 0 fully saturated rings. The fraction of sp³-hybridized carbons (Fsp3) is 0.421. The number of benzene rings is 1. The molecule has 134 valence electrons. The summed E-state index contributed by atoms with van der Waals surface area (Å²) in [5.41, 5.74) is 0.806. The van der Waals surface area contributed by atoms with Gasteiger partial charge in [0.25, 0.3) is 5.91 Å². The van der Waals surface area contributed by atoms with Crippen molar-refractivity contribution in [1.29, 1.82) is 0 Å². The van der Waals surface area contributed by atoms with Crippen LogP contribution in [0.2, 0.25) is 0 Å². The largest absolute Gasteiger partial charge is 0.511 e. The summed E-state index contributed by atoms with van der Waals surface area (Å²) < 4.78 is 4.91. The first-order valence-corrected chi connectivity index (χ1v) is 8.19. The first-order valence-electron chi connectivity index (χ1n) is 8.19. The van der Waals surface area contributed by atoms with Crippen LogP contribution >= 0.6 is 0 Å². The lowest BCUT2D eigenvalue weighted by atomic mass is 9.77. The summed E-state index contributed by atoms with van der Waals surface area (Å²) in [6.07, 6.45) is 2.14. The van der Waals surface area contributed by atoms with Crippen LogP contribution in [0.15, 0.2) is 40.6 Å². The Labute approximate surface area is 147 Å². The maximum absolute atomic E-state index is 12.2. The van der Waals surface area contributed by atoms with E-state index in [1.165, 1.54) is 6.21 Å². The second kappa shape index (κ2) is 8.07. The smallest absolute Gasteiger partial charge is 0.253 e. The van der Waals surface area contributed by atoms with Gasteiger partial charge in [0.05, 0.1) is 23.4 Å². The number of Topliss-reactive ketones (excluding diaryl/α,β-unsaturated/α-hetero) is 1. The van der Waals surface area contributed by atoms with Crippen LogP contribution in [-0.4, -0.2) is 43.3 Å². The predicted molar refractivity (Wildman–Crippen MR) is 96.5 cm³/mol. The summed E-state index contributed by atoms with van der Waals surface area (Å²) in [6, 6.07) is 6.86. The maximum Gasteiger partial charge on any atom is 0.253 e. The molecule has 1 aliphatic rings. The van der Waals surface area contributed by atoms with E-state index in [4.69, 9.17) is 4.74 Å². The van der Waals surface area contributed by atoms with E-state index in [1.807, 2.05) is 13.8 Å². The average molecular weight is 344 g/mol. The number of rotatable bonds is 6. The van der Waals surface area contributed by atoms with Crippen molar-refractivity contribution in [3.8, 4) is 0 Å². The molecule has 1 aromatic rings. The number of hydrogen-bond donors (Lipinski definition) is 2. The number of nitrogens with zero attached hydrogens (tertiary/aromatic N) is 1. The van der Waals surface area contributed by atoms with Gasteiger partial charge in [-0.3, -0.25) is 14.6 Å². The Balaban J connectivity index is 2.22. The summed E-state index contributed by atoms with van der Waals surface area (Å²) in [5.74, 6) is -0.356. The van der Waals surface area contributed by atoms with Gasteiger partial charge in [-0.25, -0.2) is 0 Å². The second-order valence-electron chi connectivity index (χ2n) is 6.83. The van der Waals surface area contributed by atoms with Crippen molar-refractivity contribution in [3.63, 3.8) is 0 Å². The van der Waals surface area contributed by atoms with E-state index in [9.17, 15) is 14.7 Å². The van der Waals surface area contributed by atoms with Crippen LogP contribution in [0, 0.1) is 5.41 Å². The minimum Gasteiger partial charge on any atom is -0.511 e. The second-order valence-corrected chi connectivity index (χ2v) is 6.83. The Morgan fingerprint density at radius 1 is 1.36 bits per heavy atom. The van der Waals surface area contributed by atoms with Crippen LogP contribution in [0.5, 0.6) is 0 Å². The lowest BCUT2D eigenvalue weighted by Crippen LogP contribution is -2.27. The molecule has 0 aliphatic heterocycles. The summed E-state index contributed by atoms with van der Waals surface area (Å²) in [4.78, 5) is 28.7. The Morgan fingerprint density at radius 2 is 2.08 bits per heavy atom. The number of ketones is 1. The van der Waals surface area contributed by atoms with Crippen molar-refractivity contribution in [3.05, 3.63) is 41.2 Å². The van der Waals surface area contributed by atoms with Crippen LogP contribution in [0.1, 0.15) is 37.0 Å². The summed E-state index contributed by atoms with van der Waals surface area (Å²) in [7, 11) is 1.56. The van der Waals surface area contributed by atoms with E-state index >= 15 is 0 Å². The number of allylic oxidation sites excluding steroid dienone is 2. The fourth-order valence-corrected chi connectivity index (χ4v) is 2.72. The topological polar surface area (TPSA) is 88.0 Å². The molecule has 0 saturated carbocycles. The monoisotopic (exact) mass is 344 g/mol. The SMILES string of the molecule is COCCNC(=O)c1ccccc1N=CC1=C(O)CC(C)(C)CC1=O. The Bertz CT molecular complexity index is 720. The zero-order valence-electron chi connectivity index (χ0n) is 14.8. The molecule has 25 heavy (non-hydrogen) atoms. The number of para-hydroxylation sites is 1. The van der Waals surface area contributed by atoms with Crippen molar-refractivity contribution >= 4 is 23.6 Å². The lowest BCUT2D eigenvalue weighted by molar-refractivity contribution is -0.117. The molecule has 0 aromatic heterocycles. The van der Waals surface area contributed by atoms with Crippen LogP contribution in [0.25, 0.3) is 0 Å². The van der Waals surface area contributed by atoms with Gasteiger partial charge in [-0.15, -0.1) is 0 Å². The van der Waals surface area contributed by atoms with Crippen LogP contribution < -0.4 is 5.32 Å². The fourth-order valence-electron chi connectivity index (χ4n) is 2.72. The molecule has 1 amide bonds. The molecule has 0 unspecified atom stereocenters. The Kier molecular flexibility index (Phi) is 6.09. The third-order valence-electron chi connectivity index (χ3n) is 3.97. The molecule has 2 N–H and O–H groups in total. The van der Waals surface area contributed by atoms with E-state index in [0.29, 0.717) is 37.2 Å². The van der Waals surface area contributed by atoms with E-state index < -0.39 is 0 Å². The predicted octanol–water partition coefficient (Wildman–Crippen LogP) is 2.97. The van der Waals surface area contributed by atoms with Gasteiger partial charge >= 0.3 is 0 Å². The number of hydrogen-bond acceptors (Lipinski definition) is 5. The number of aliphatic hydroxyl groups excluding tert-OH is 1. The normalized spacial score (nSPS) is 17.2. The van der Waals surface area contributed by atoms with Gasteiger partial charge in [0.2, 0.25) is 0 Å². The Hall–Kier alpha value is -2.47. The minimum atomic E-state index is -0.265. The molecule has 6 heteroatoms. The quantitative estimate of drug-likeness (QED) is 0.613. The number of aliphatic hydroxyl groups is 1. The molecule has 2 rings (SSSR count). The zero-order valence-corrected chi connectivity index (χ0v) is 14.8. The molecule has 0 heterocycles. The molecule has 0 bridgehead atoms. The van der Waals surface area contributed by atoms with Crippen LogP contribution in [0.3, 0.4) is 0 Å². The average Bonchev–Trinajstić information content (AvgIpc) is 2.53. The highest BCUT2D eigenvalue weighted by molar-refractivity contribution is 6.15. The molecule has 1 aliphatic carbocycles. The highest BCUT2D eigenvalue weighted by Gasteiger charge is 2.32. The summed E-state index contributed by atoms with van der Waals surface area (Å²) in [6.45, 7) is 4.69. The number of carbonyl (C=O) groups excluding carboxylic acids is 2. The van der Waals surface area contributed by atoms with E-state index in [2.05, 4.69) is 10.3 Å².